The molecule has 0 saturated carbocycles. The van der Waals surface area contributed by atoms with Gasteiger partial charge in [0.15, 0.2) is 5.11 Å². The molecule has 5 aromatic rings. The number of nitrogens with one attached hydrogen (secondary N) is 1. The van der Waals surface area contributed by atoms with Crippen molar-refractivity contribution in [2.24, 2.45) is 0 Å². The number of halogens is 1. The summed E-state index contributed by atoms with van der Waals surface area (Å²) in [5.41, 5.74) is 6.14. The molecule has 0 amide bonds. The van der Waals surface area contributed by atoms with E-state index in [9.17, 15) is 10.1 Å². The van der Waals surface area contributed by atoms with Crippen molar-refractivity contribution in [3.8, 4) is 5.69 Å². The summed E-state index contributed by atoms with van der Waals surface area (Å²) in [6.07, 6.45) is 1.80. The van der Waals surface area contributed by atoms with Crippen LogP contribution in [0.5, 0.6) is 0 Å². The zero-order chi connectivity index (χ0) is 29.4. The highest BCUT2D eigenvalue weighted by Gasteiger charge is 2.42. The summed E-state index contributed by atoms with van der Waals surface area (Å²) in [6, 6.07) is 30.4. The van der Waals surface area contributed by atoms with E-state index in [2.05, 4.69) is 51.8 Å². The van der Waals surface area contributed by atoms with Crippen LogP contribution >= 0.6 is 35.6 Å². The molecule has 1 saturated heterocycles. The number of anilines is 1. The number of nitro benzene ring substituents is 1. The first-order valence-corrected chi connectivity index (χ1v) is 14.9. The molecule has 1 N–H and O–H groups in total. The Kier molecular flexibility index (Phi) is 7.72. The average Bonchev–Trinajstić information content (AvgIpc) is 3.49. The molecule has 42 heavy (non-hydrogen) atoms. The molecule has 0 radical (unpaired) electrons. The number of benzene rings is 3. The van der Waals surface area contributed by atoms with Crippen molar-refractivity contribution in [3.63, 3.8) is 0 Å². The van der Waals surface area contributed by atoms with Crippen molar-refractivity contribution in [1.29, 1.82) is 0 Å². The minimum Gasteiger partial charge on any atom is -0.351 e. The maximum Gasteiger partial charge on any atom is 0.269 e. The molecular weight excluding hydrogens is 586 g/mol. The van der Waals surface area contributed by atoms with Crippen LogP contribution in [-0.4, -0.2) is 19.6 Å². The van der Waals surface area contributed by atoms with Gasteiger partial charge in [-0.1, -0.05) is 41.6 Å². The summed E-state index contributed by atoms with van der Waals surface area (Å²) in [5.74, 6) is 0. The van der Waals surface area contributed by atoms with Gasteiger partial charge >= 0.3 is 0 Å². The first-order valence-electron chi connectivity index (χ1n) is 13.3. The number of non-ortho nitro benzene ring substituents is 1. The van der Waals surface area contributed by atoms with Crippen LogP contribution in [0.1, 0.15) is 34.7 Å². The van der Waals surface area contributed by atoms with Crippen LogP contribution in [0, 0.1) is 24.0 Å². The van der Waals surface area contributed by atoms with Crippen molar-refractivity contribution >= 4 is 52.1 Å². The lowest BCUT2D eigenvalue weighted by molar-refractivity contribution is -0.384. The highest BCUT2D eigenvalue weighted by atomic mass is 35.5. The zero-order valence-corrected chi connectivity index (χ0v) is 25.2. The maximum atomic E-state index is 11.0. The SMILES string of the molecule is Cc1cc([C@@H]2[C@H](c3ccccn3)NC(=S)N2c2ccc(Sc3ccc([N+](=O)[O-])cc3)cc2)c(C)n1-c1ccccc1Cl. The normalized spacial score (nSPS) is 16.5. The van der Waals surface area contributed by atoms with E-state index in [1.165, 1.54) is 12.1 Å². The van der Waals surface area contributed by atoms with E-state index >= 15 is 0 Å². The van der Waals surface area contributed by atoms with E-state index in [-0.39, 0.29) is 17.8 Å². The number of aryl methyl sites for hydroxylation is 1. The molecule has 210 valence electrons. The van der Waals surface area contributed by atoms with E-state index < -0.39 is 4.92 Å². The third-order valence-corrected chi connectivity index (χ3v) is 9.03. The Hall–Kier alpha value is -4.18. The van der Waals surface area contributed by atoms with E-state index in [4.69, 9.17) is 23.8 Å². The van der Waals surface area contributed by atoms with Crippen LogP contribution in [0.25, 0.3) is 5.69 Å². The molecular formula is C32H26ClN5O2S2. The Balaban J connectivity index is 1.38. The molecule has 0 spiro atoms. The second-order valence-electron chi connectivity index (χ2n) is 9.96. The first-order chi connectivity index (χ1) is 20.3. The summed E-state index contributed by atoms with van der Waals surface area (Å²) in [4.78, 5) is 19.4. The molecule has 1 fully saturated rings. The van der Waals surface area contributed by atoms with E-state index in [0.717, 1.165) is 43.8 Å². The van der Waals surface area contributed by atoms with Crippen LogP contribution in [0.15, 0.2) is 113 Å². The van der Waals surface area contributed by atoms with Crippen molar-refractivity contribution in [2.45, 2.75) is 35.7 Å². The molecule has 2 aromatic heterocycles. The fraction of sp³-hybridized carbons (Fsp3) is 0.125. The van der Waals surface area contributed by atoms with Gasteiger partial charge in [-0.3, -0.25) is 15.1 Å². The van der Waals surface area contributed by atoms with E-state index in [1.807, 2.05) is 54.6 Å². The van der Waals surface area contributed by atoms with Crippen LogP contribution < -0.4 is 10.2 Å². The molecule has 0 unspecified atom stereocenters. The summed E-state index contributed by atoms with van der Waals surface area (Å²) in [5, 5.41) is 15.8. The van der Waals surface area contributed by atoms with Gasteiger partial charge in [-0.2, -0.15) is 0 Å². The third-order valence-electron chi connectivity index (χ3n) is 7.38. The van der Waals surface area contributed by atoms with Crippen LogP contribution in [0.3, 0.4) is 0 Å². The largest absolute Gasteiger partial charge is 0.351 e. The molecule has 1 aliphatic heterocycles. The number of pyridine rings is 1. The Bertz CT molecular complexity index is 1780. The zero-order valence-electron chi connectivity index (χ0n) is 22.8. The molecule has 0 bridgehead atoms. The second-order valence-corrected chi connectivity index (χ2v) is 11.9. The number of hydrogen-bond acceptors (Lipinski definition) is 5. The smallest absolute Gasteiger partial charge is 0.269 e. The summed E-state index contributed by atoms with van der Waals surface area (Å²) < 4.78 is 2.19. The fourth-order valence-corrected chi connectivity index (χ4v) is 6.87. The van der Waals surface area contributed by atoms with E-state index in [1.54, 1.807) is 30.1 Å². The second kappa shape index (κ2) is 11.6. The maximum absolute atomic E-state index is 11.0. The molecule has 7 nitrogen and oxygen atoms in total. The lowest BCUT2D eigenvalue weighted by Crippen LogP contribution is -2.29. The lowest BCUT2D eigenvalue weighted by Gasteiger charge is -2.28. The van der Waals surface area contributed by atoms with E-state index in [0.29, 0.717) is 10.1 Å². The average molecular weight is 612 g/mol. The minimum absolute atomic E-state index is 0.0761. The summed E-state index contributed by atoms with van der Waals surface area (Å²) >= 11 is 14.1. The molecule has 1 aliphatic rings. The standard InChI is InChI=1S/C32H26ClN5O2S2/c1-20-19-26(21(2)36(20)29-9-4-3-7-27(29)33)31-30(28-8-5-6-18-34-28)35-32(41)37(31)22-10-14-24(15-11-22)42-25-16-12-23(13-17-25)38(39)40/h3-19,30-31H,1-2H3,(H,35,41)/t30-,31+/m0/s1. The predicted octanol–water partition coefficient (Wildman–Crippen LogP) is 8.38. The molecule has 0 aliphatic carbocycles. The number of rotatable bonds is 7. The number of nitrogens with zero attached hydrogens (tertiary/aromatic N) is 4. The number of thiocarbonyl (C=S) groups is 1. The van der Waals surface area contributed by atoms with Crippen molar-refractivity contribution in [3.05, 3.63) is 141 Å². The Morgan fingerprint density at radius 3 is 2.26 bits per heavy atom. The third kappa shape index (κ3) is 5.27. The van der Waals surface area contributed by atoms with Crippen LogP contribution in [0.2, 0.25) is 5.02 Å². The van der Waals surface area contributed by atoms with Gasteiger partial charge in [-0.25, -0.2) is 0 Å². The van der Waals surface area contributed by atoms with Gasteiger partial charge in [-0.05, 0) is 98.4 Å². The number of aromatic nitrogens is 2. The molecule has 3 heterocycles. The Morgan fingerprint density at radius 1 is 0.952 bits per heavy atom. The van der Waals surface area contributed by atoms with Gasteiger partial charge in [0.2, 0.25) is 0 Å². The molecule has 2 atom stereocenters. The quantitative estimate of drug-likeness (QED) is 0.112. The minimum atomic E-state index is -0.392. The lowest BCUT2D eigenvalue weighted by atomic mass is 9.96. The Morgan fingerprint density at radius 2 is 1.62 bits per heavy atom. The summed E-state index contributed by atoms with van der Waals surface area (Å²) in [7, 11) is 0. The van der Waals surface area contributed by atoms with Gasteiger partial charge in [0, 0.05) is 45.2 Å². The fourth-order valence-electron chi connectivity index (χ4n) is 5.49. The number of hydrogen-bond donors (Lipinski definition) is 1. The first kappa shape index (κ1) is 28.0. The summed E-state index contributed by atoms with van der Waals surface area (Å²) in [6.45, 7) is 4.20. The Labute approximate surface area is 258 Å². The van der Waals surface area contributed by atoms with Gasteiger partial charge in [0.1, 0.15) is 0 Å². The van der Waals surface area contributed by atoms with Crippen molar-refractivity contribution in [2.75, 3.05) is 4.90 Å². The number of nitro groups is 1. The van der Waals surface area contributed by atoms with Gasteiger partial charge in [0.25, 0.3) is 5.69 Å². The highest BCUT2D eigenvalue weighted by Crippen LogP contribution is 2.44. The van der Waals surface area contributed by atoms with Gasteiger partial charge < -0.3 is 14.8 Å². The monoisotopic (exact) mass is 611 g/mol. The van der Waals surface area contributed by atoms with Crippen LogP contribution in [-0.2, 0) is 0 Å². The highest BCUT2D eigenvalue weighted by molar-refractivity contribution is 7.99. The van der Waals surface area contributed by atoms with Crippen molar-refractivity contribution in [1.82, 2.24) is 14.9 Å². The van der Waals surface area contributed by atoms with Gasteiger partial charge in [0.05, 0.1) is 33.4 Å². The molecule has 3 aromatic carbocycles. The number of para-hydroxylation sites is 1. The van der Waals surface area contributed by atoms with Crippen LogP contribution in [0.4, 0.5) is 11.4 Å². The molecule has 10 heteroatoms. The topological polar surface area (TPSA) is 76.2 Å². The molecule has 6 rings (SSSR count). The van der Waals surface area contributed by atoms with Gasteiger partial charge in [-0.15, -0.1) is 0 Å². The van der Waals surface area contributed by atoms with Crippen molar-refractivity contribution < 1.29 is 4.92 Å². The predicted molar refractivity (Wildman–Crippen MR) is 172 cm³/mol.